The Morgan fingerprint density at radius 2 is 1.87 bits per heavy atom. The Bertz CT molecular complexity index is 703. The largest absolute Gasteiger partial charge is 0.382 e. The highest BCUT2D eigenvalue weighted by Crippen LogP contribution is 2.14. The topological polar surface area (TPSA) is 103 Å². The van der Waals surface area contributed by atoms with Crippen LogP contribution in [-0.2, 0) is 6.54 Å². The van der Waals surface area contributed by atoms with Gasteiger partial charge in [0.15, 0.2) is 5.84 Å². The first-order chi connectivity index (χ1) is 11.1. The van der Waals surface area contributed by atoms with Crippen LogP contribution in [0.1, 0.15) is 16.7 Å². The zero-order valence-electron chi connectivity index (χ0n) is 12.7. The molecule has 23 heavy (non-hydrogen) atoms. The molecule has 118 valence electrons. The van der Waals surface area contributed by atoms with Crippen molar-refractivity contribution in [2.24, 2.45) is 16.7 Å². The van der Waals surface area contributed by atoms with Crippen LogP contribution in [0.4, 0.5) is 0 Å². The summed E-state index contributed by atoms with van der Waals surface area (Å²) in [6, 6.07) is 17.0. The van der Waals surface area contributed by atoms with Crippen LogP contribution in [-0.4, -0.2) is 18.0 Å². The molecule has 7 heteroatoms. The zero-order valence-corrected chi connectivity index (χ0v) is 13.5. The van der Waals surface area contributed by atoms with Gasteiger partial charge in [0, 0.05) is 10.5 Å². The molecule has 0 radical (unpaired) electrons. The fraction of sp³-hybridized carbons (Fsp3) is 0.125. The molecule has 0 heterocycles. The molecule has 0 aliphatic carbocycles. The Morgan fingerprint density at radius 3 is 2.43 bits per heavy atom. The van der Waals surface area contributed by atoms with Gasteiger partial charge in [0.1, 0.15) is 0 Å². The Hall–Kier alpha value is -2.53. The lowest BCUT2D eigenvalue weighted by molar-refractivity contribution is 0.290. The van der Waals surface area contributed by atoms with Crippen molar-refractivity contribution in [2.75, 3.05) is 7.05 Å². The first kappa shape index (κ1) is 16.8. The summed E-state index contributed by atoms with van der Waals surface area (Å²) in [5, 5.41) is 14.2. The Balaban J connectivity index is 2.02. The van der Waals surface area contributed by atoms with Crippen molar-refractivity contribution >= 4 is 17.8 Å². The summed E-state index contributed by atoms with van der Waals surface area (Å²) in [7, 11) is 1.86. The molecule has 5 N–H and O–H groups in total. The summed E-state index contributed by atoms with van der Waals surface area (Å²) in [6.45, 7) is 0.403. The molecule has 2 aromatic rings. The number of amidine groups is 1. The van der Waals surface area contributed by atoms with Crippen LogP contribution in [0.5, 0.6) is 0 Å². The maximum Gasteiger partial charge on any atom is 0.152 e. The predicted molar refractivity (Wildman–Crippen MR) is 93.0 cm³/mol. The number of nitriles is 1. The quantitative estimate of drug-likeness (QED) is 0.246. The maximum absolute atomic E-state index is 8.78. The van der Waals surface area contributed by atoms with E-state index in [1.807, 2.05) is 43.4 Å². The fourth-order valence-corrected chi connectivity index (χ4v) is 2.42. The zero-order chi connectivity index (χ0) is 16.7. The second-order valence-electron chi connectivity index (χ2n) is 4.72. The standard InChI is InChI=1S/C16H18N6S/c1-20-23-15-8-6-14(7-9-15)16(18)21-22(19)11-13-4-2-12(10-17)3-5-13/h2-9,20H,11,19H2,1H3,(H2,18,21). The highest BCUT2D eigenvalue weighted by molar-refractivity contribution is 7.97. The minimum absolute atomic E-state index is 0.349. The molecule has 0 atom stereocenters. The second kappa shape index (κ2) is 8.19. The summed E-state index contributed by atoms with van der Waals surface area (Å²) in [5.41, 5.74) is 8.35. The van der Waals surface area contributed by atoms with Gasteiger partial charge >= 0.3 is 0 Å². The molecule has 0 bridgehead atoms. The number of benzene rings is 2. The second-order valence-corrected chi connectivity index (χ2v) is 5.81. The van der Waals surface area contributed by atoms with E-state index in [2.05, 4.69) is 15.9 Å². The molecule has 0 spiro atoms. The van der Waals surface area contributed by atoms with Crippen molar-refractivity contribution < 1.29 is 0 Å². The number of hydrogen-bond donors (Lipinski definition) is 3. The monoisotopic (exact) mass is 326 g/mol. The molecule has 2 rings (SSSR count). The molecular weight excluding hydrogens is 308 g/mol. The van der Waals surface area contributed by atoms with Crippen molar-refractivity contribution in [3.05, 3.63) is 65.2 Å². The molecule has 0 unspecified atom stereocenters. The molecule has 0 aliphatic heterocycles. The lowest BCUT2D eigenvalue weighted by Crippen LogP contribution is -2.29. The van der Waals surface area contributed by atoms with Crippen LogP contribution >= 0.6 is 11.9 Å². The average molecular weight is 326 g/mol. The fourth-order valence-electron chi connectivity index (χ4n) is 1.91. The van der Waals surface area contributed by atoms with Gasteiger partial charge in [-0.2, -0.15) is 5.26 Å². The van der Waals surface area contributed by atoms with E-state index in [0.717, 1.165) is 16.0 Å². The molecule has 0 aliphatic rings. The van der Waals surface area contributed by atoms with Gasteiger partial charge in [-0.3, -0.25) is 4.72 Å². The van der Waals surface area contributed by atoms with Crippen LogP contribution in [0.2, 0.25) is 0 Å². The van der Waals surface area contributed by atoms with Gasteiger partial charge < -0.3 is 5.73 Å². The van der Waals surface area contributed by atoms with Crippen LogP contribution in [0, 0.1) is 11.3 Å². The normalized spacial score (nSPS) is 11.1. The number of nitrogens with two attached hydrogens (primary N) is 2. The van der Waals surface area contributed by atoms with E-state index in [0.29, 0.717) is 17.9 Å². The van der Waals surface area contributed by atoms with Crippen molar-refractivity contribution in [1.82, 2.24) is 9.84 Å². The summed E-state index contributed by atoms with van der Waals surface area (Å²) < 4.78 is 3.01. The van der Waals surface area contributed by atoms with Crippen molar-refractivity contribution in [1.29, 1.82) is 5.26 Å². The van der Waals surface area contributed by atoms with Crippen LogP contribution in [0.25, 0.3) is 0 Å². The summed E-state index contributed by atoms with van der Waals surface area (Å²) >= 11 is 1.53. The summed E-state index contributed by atoms with van der Waals surface area (Å²) in [4.78, 5) is 1.09. The average Bonchev–Trinajstić information content (AvgIpc) is 2.56. The number of hydrogen-bond acceptors (Lipinski definition) is 6. The SMILES string of the molecule is CNSc1ccc(/C(N)=N/N(N)Cc2ccc(C#N)cc2)cc1. The van der Waals surface area contributed by atoms with Crippen LogP contribution < -0.4 is 16.3 Å². The van der Waals surface area contributed by atoms with Crippen molar-refractivity contribution in [3.8, 4) is 6.07 Å². The summed E-state index contributed by atoms with van der Waals surface area (Å²) in [6.07, 6.45) is 0. The van der Waals surface area contributed by atoms with Gasteiger partial charge in [-0.25, -0.2) is 11.0 Å². The Kier molecular flexibility index (Phi) is 6.00. The van der Waals surface area contributed by atoms with E-state index < -0.39 is 0 Å². The van der Waals surface area contributed by atoms with E-state index in [-0.39, 0.29) is 0 Å². The van der Waals surface area contributed by atoms with Gasteiger partial charge in [-0.15, -0.1) is 5.10 Å². The number of nitrogens with zero attached hydrogens (tertiary/aromatic N) is 3. The number of rotatable bonds is 6. The van der Waals surface area contributed by atoms with Gasteiger partial charge in [0.25, 0.3) is 0 Å². The minimum Gasteiger partial charge on any atom is -0.382 e. The van der Waals surface area contributed by atoms with E-state index >= 15 is 0 Å². The van der Waals surface area contributed by atoms with Crippen molar-refractivity contribution in [2.45, 2.75) is 11.4 Å². The minimum atomic E-state index is 0.349. The molecule has 0 saturated heterocycles. The third-order valence-corrected chi connectivity index (χ3v) is 3.75. The number of nitrogens with one attached hydrogen (secondary N) is 1. The van der Waals surface area contributed by atoms with E-state index in [1.165, 1.54) is 17.1 Å². The van der Waals surface area contributed by atoms with E-state index in [9.17, 15) is 0 Å². The van der Waals surface area contributed by atoms with Gasteiger partial charge in [0.05, 0.1) is 18.2 Å². The lowest BCUT2D eigenvalue weighted by Gasteiger charge is -2.14. The molecule has 0 saturated carbocycles. The molecule has 2 aromatic carbocycles. The lowest BCUT2D eigenvalue weighted by atomic mass is 10.1. The smallest absolute Gasteiger partial charge is 0.152 e. The Labute approximate surface area is 139 Å². The molecule has 0 fully saturated rings. The first-order valence-corrected chi connectivity index (χ1v) is 7.73. The first-order valence-electron chi connectivity index (χ1n) is 6.91. The van der Waals surface area contributed by atoms with Gasteiger partial charge in [0.2, 0.25) is 0 Å². The third-order valence-electron chi connectivity index (χ3n) is 3.03. The molecule has 6 nitrogen and oxygen atoms in total. The third kappa shape index (κ3) is 5.00. The maximum atomic E-state index is 8.78. The number of hydrazone groups is 1. The number of hydrazine groups is 1. The van der Waals surface area contributed by atoms with Gasteiger partial charge in [-0.05, 0) is 48.8 Å². The molecule has 0 amide bonds. The van der Waals surface area contributed by atoms with Crippen LogP contribution in [0.15, 0.2) is 58.5 Å². The molecular formula is C16H18N6S. The van der Waals surface area contributed by atoms with E-state index in [1.54, 1.807) is 12.1 Å². The van der Waals surface area contributed by atoms with Crippen molar-refractivity contribution in [3.63, 3.8) is 0 Å². The highest BCUT2D eigenvalue weighted by atomic mass is 32.2. The Morgan fingerprint density at radius 1 is 1.22 bits per heavy atom. The highest BCUT2D eigenvalue weighted by Gasteiger charge is 2.03. The van der Waals surface area contributed by atoms with Crippen LogP contribution in [0.3, 0.4) is 0 Å². The summed E-state index contributed by atoms with van der Waals surface area (Å²) in [5.74, 6) is 6.23. The predicted octanol–water partition coefficient (Wildman–Crippen LogP) is 1.78. The van der Waals surface area contributed by atoms with Gasteiger partial charge in [-0.1, -0.05) is 24.3 Å². The van der Waals surface area contributed by atoms with E-state index in [4.69, 9.17) is 16.8 Å². The molecule has 0 aromatic heterocycles.